The molecule has 0 spiro atoms. The number of carbonyl (C=O) groups excluding carboxylic acids is 1. The Morgan fingerprint density at radius 3 is 2.96 bits per heavy atom. The fraction of sp³-hybridized carbons (Fsp3) is 0.500. The van der Waals surface area contributed by atoms with Gasteiger partial charge in [0.05, 0.1) is 6.54 Å². The topological polar surface area (TPSA) is 105 Å². The largest absolute Gasteiger partial charge is 0.370 e. The smallest absolute Gasteiger partial charge is 0.315 e. The number of amides is 2. The lowest BCUT2D eigenvalue weighted by Crippen LogP contribution is -2.35. The third kappa shape index (κ3) is 4.08. The van der Waals surface area contributed by atoms with Crippen LogP contribution in [0, 0.1) is 13.8 Å². The van der Waals surface area contributed by atoms with Crippen LogP contribution in [-0.4, -0.2) is 32.8 Å². The van der Waals surface area contributed by atoms with E-state index in [0.29, 0.717) is 18.2 Å². The van der Waals surface area contributed by atoms with E-state index >= 15 is 0 Å². The second-order valence-electron chi connectivity index (χ2n) is 5.93. The molecule has 0 aliphatic carbocycles. The third-order valence-corrected chi connectivity index (χ3v) is 3.98. The van der Waals surface area contributed by atoms with Gasteiger partial charge in [0.15, 0.2) is 5.82 Å². The van der Waals surface area contributed by atoms with E-state index in [9.17, 15) is 4.79 Å². The van der Waals surface area contributed by atoms with Crippen molar-refractivity contribution in [2.45, 2.75) is 45.9 Å². The molecule has 1 unspecified atom stereocenters. The fourth-order valence-electron chi connectivity index (χ4n) is 2.63. The first kappa shape index (κ1) is 16.4. The molecule has 3 N–H and O–H groups in total. The molecule has 3 rings (SSSR count). The zero-order chi connectivity index (χ0) is 16.9. The van der Waals surface area contributed by atoms with Crippen LogP contribution in [0.25, 0.3) is 0 Å². The van der Waals surface area contributed by atoms with Gasteiger partial charge in [-0.05, 0) is 43.9 Å². The number of aromatic amines is 1. The molecule has 0 bridgehead atoms. The summed E-state index contributed by atoms with van der Waals surface area (Å²) < 4.78 is 5.53. The normalized spacial score (nSPS) is 17.0. The van der Waals surface area contributed by atoms with Gasteiger partial charge in [0, 0.05) is 25.0 Å². The van der Waals surface area contributed by atoms with Crippen LogP contribution in [0.2, 0.25) is 0 Å². The lowest BCUT2D eigenvalue weighted by Gasteiger charge is -2.09. The fourth-order valence-corrected chi connectivity index (χ4v) is 2.63. The summed E-state index contributed by atoms with van der Waals surface area (Å²) in [6, 6.07) is 1.74. The first-order valence-corrected chi connectivity index (χ1v) is 8.08. The van der Waals surface area contributed by atoms with Crippen molar-refractivity contribution in [2.75, 3.05) is 6.61 Å². The summed E-state index contributed by atoms with van der Waals surface area (Å²) in [5, 5.41) is 12.6. The van der Waals surface area contributed by atoms with Crippen LogP contribution in [0.15, 0.2) is 12.3 Å². The van der Waals surface area contributed by atoms with E-state index < -0.39 is 0 Å². The van der Waals surface area contributed by atoms with Crippen LogP contribution in [0.4, 0.5) is 4.79 Å². The zero-order valence-corrected chi connectivity index (χ0v) is 13.9. The number of nitrogens with one attached hydrogen (secondary N) is 3. The van der Waals surface area contributed by atoms with E-state index in [1.165, 1.54) is 0 Å². The summed E-state index contributed by atoms with van der Waals surface area (Å²) in [6.45, 7) is 5.42. The first-order chi connectivity index (χ1) is 11.6. The average molecular weight is 330 g/mol. The highest BCUT2D eigenvalue weighted by atomic mass is 16.5. The van der Waals surface area contributed by atoms with Gasteiger partial charge in [0.25, 0.3) is 0 Å². The Morgan fingerprint density at radius 1 is 1.38 bits per heavy atom. The van der Waals surface area contributed by atoms with E-state index in [2.05, 4.69) is 30.8 Å². The number of aromatic nitrogens is 4. The first-order valence-electron chi connectivity index (χ1n) is 8.08. The minimum atomic E-state index is -0.259. The molecule has 1 fully saturated rings. The van der Waals surface area contributed by atoms with Gasteiger partial charge in [-0.2, -0.15) is 5.10 Å². The third-order valence-electron chi connectivity index (χ3n) is 3.98. The van der Waals surface area contributed by atoms with Crippen molar-refractivity contribution in [1.82, 2.24) is 30.8 Å². The maximum atomic E-state index is 11.9. The summed E-state index contributed by atoms with van der Waals surface area (Å²) in [7, 11) is 0. The molecule has 8 heteroatoms. The van der Waals surface area contributed by atoms with Crippen LogP contribution >= 0.6 is 0 Å². The summed E-state index contributed by atoms with van der Waals surface area (Å²) in [5.41, 5.74) is 3.07. The van der Waals surface area contributed by atoms with Crippen LogP contribution < -0.4 is 10.6 Å². The highest BCUT2D eigenvalue weighted by molar-refractivity contribution is 5.73. The number of rotatable bonds is 5. The van der Waals surface area contributed by atoms with E-state index in [1.54, 1.807) is 6.20 Å². The molecule has 1 saturated heterocycles. The standard InChI is InChI=1S/C16H22N6O2/c1-10-6-11(2)17-7-12(10)8-18-16(23)19-9-14-20-15(22-21-14)13-4-3-5-24-13/h6-7,13H,3-5,8-9H2,1-2H3,(H2,18,19,23)(H,20,21,22). The summed E-state index contributed by atoms with van der Waals surface area (Å²) in [5.74, 6) is 1.27. The molecule has 128 valence electrons. The number of pyridine rings is 1. The van der Waals surface area contributed by atoms with Crippen LogP contribution in [-0.2, 0) is 17.8 Å². The number of hydrogen-bond donors (Lipinski definition) is 3. The molecule has 2 amide bonds. The summed E-state index contributed by atoms with van der Waals surface area (Å²) >= 11 is 0. The minimum absolute atomic E-state index is 0.0270. The quantitative estimate of drug-likeness (QED) is 0.773. The van der Waals surface area contributed by atoms with Crippen molar-refractivity contribution >= 4 is 6.03 Å². The van der Waals surface area contributed by atoms with Gasteiger partial charge in [-0.25, -0.2) is 9.78 Å². The highest BCUT2D eigenvalue weighted by Gasteiger charge is 2.21. The van der Waals surface area contributed by atoms with Gasteiger partial charge in [0.2, 0.25) is 0 Å². The van der Waals surface area contributed by atoms with Gasteiger partial charge in [-0.15, -0.1) is 0 Å². The number of nitrogens with zero attached hydrogens (tertiary/aromatic N) is 3. The number of aryl methyl sites for hydroxylation is 2. The predicted octanol–water partition coefficient (Wildman–Crippen LogP) is 1.67. The molecule has 1 atom stereocenters. The minimum Gasteiger partial charge on any atom is -0.370 e. The lowest BCUT2D eigenvalue weighted by atomic mass is 10.1. The lowest BCUT2D eigenvalue weighted by molar-refractivity contribution is 0.105. The zero-order valence-electron chi connectivity index (χ0n) is 13.9. The molecule has 2 aromatic rings. The molecule has 0 saturated carbocycles. The van der Waals surface area contributed by atoms with Gasteiger partial charge >= 0.3 is 6.03 Å². The van der Waals surface area contributed by atoms with E-state index in [1.807, 2.05) is 19.9 Å². The van der Waals surface area contributed by atoms with Crippen molar-refractivity contribution < 1.29 is 9.53 Å². The summed E-state index contributed by atoms with van der Waals surface area (Å²) in [6.07, 6.45) is 3.73. The number of urea groups is 1. The Labute approximate surface area is 140 Å². The van der Waals surface area contributed by atoms with E-state index in [4.69, 9.17) is 4.74 Å². The van der Waals surface area contributed by atoms with E-state index in [-0.39, 0.29) is 18.7 Å². The Kier molecular flexibility index (Phi) is 5.05. The van der Waals surface area contributed by atoms with Crippen molar-refractivity contribution in [3.8, 4) is 0 Å². The number of carbonyl (C=O) groups is 1. The van der Waals surface area contributed by atoms with Crippen molar-refractivity contribution in [3.63, 3.8) is 0 Å². The van der Waals surface area contributed by atoms with Gasteiger partial charge in [-0.1, -0.05) is 0 Å². The second kappa shape index (κ2) is 7.39. The Morgan fingerprint density at radius 2 is 2.21 bits per heavy atom. The summed E-state index contributed by atoms with van der Waals surface area (Å²) in [4.78, 5) is 20.5. The molecule has 0 aromatic carbocycles. The number of H-pyrrole nitrogens is 1. The van der Waals surface area contributed by atoms with Gasteiger partial charge < -0.3 is 15.4 Å². The van der Waals surface area contributed by atoms with E-state index in [0.717, 1.165) is 36.3 Å². The SMILES string of the molecule is Cc1cc(C)c(CNC(=O)NCc2nc(C3CCCO3)n[nH]2)cn1. The number of ether oxygens (including phenoxy) is 1. The monoisotopic (exact) mass is 330 g/mol. The van der Waals surface area contributed by atoms with Crippen molar-refractivity contribution in [1.29, 1.82) is 0 Å². The highest BCUT2D eigenvalue weighted by Crippen LogP contribution is 2.25. The second-order valence-corrected chi connectivity index (χ2v) is 5.93. The molecular weight excluding hydrogens is 308 g/mol. The molecule has 3 heterocycles. The molecule has 1 aliphatic heterocycles. The van der Waals surface area contributed by atoms with Crippen LogP contribution in [0.5, 0.6) is 0 Å². The Balaban J connectivity index is 1.45. The Bertz CT molecular complexity index is 708. The molecule has 1 aliphatic rings. The molecule has 2 aromatic heterocycles. The van der Waals surface area contributed by atoms with Crippen LogP contribution in [0.3, 0.4) is 0 Å². The Hall–Kier alpha value is -2.48. The maximum absolute atomic E-state index is 11.9. The molecular formula is C16H22N6O2. The van der Waals surface area contributed by atoms with Gasteiger partial charge in [-0.3, -0.25) is 10.1 Å². The molecule has 0 radical (unpaired) electrons. The average Bonchev–Trinajstić information content (AvgIpc) is 3.23. The number of hydrogen-bond acceptors (Lipinski definition) is 5. The predicted molar refractivity (Wildman–Crippen MR) is 87.1 cm³/mol. The van der Waals surface area contributed by atoms with Crippen LogP contribution in [0.1, 0.15) is 47.4 Å². The molecule has 8 nitrogen and oxygen atoms in total. The van der Waals surface area contributed by atoms with Gasteiger partial charge in [0.1, 0.15) is 11.9 Å². The van der Waals surface area contributed by atoms with Crippen molar-refractivity contribution in [2.24, 2.45) is 0 Å². The van der Waals surface area contributed by atoms with Crippen molar-refractivity contribution in [3.05, 3.63) is 40.7 Å². The molecule has 24 heavy (non-hydrogen) atoms. The maximum Gasteiger partial charge on any atom is 0.315 e.